The van der Waals surface area contributed by atoms with Crippen molar-refractivity contribution < 1.29 is 19.1 Å². The number of hydrogen-bond donors (Lipinski definition) is 1. The van der Waals surface area contributed by atoms with Crippen LogP contribution < -0.4 is 10.9 Å². The van der Waals surface area contributed by atoms with E-state index in [1.165, 1.54) is 29.9 Å². The van der Waals surface area contributed by atoms with E-state index < -0.39 is 17.4 Å². The highest BCUT2D eigenvalue weighted by atomic mass is 16.5. The van der Waals surface area contributed by atoms with Crippen molar-refractivity contribution in [1.82, 2.24) is 4.57 Å². The second-order valence-corrected chi connectivity index (χ2v) is 8.86. The van der Waals surface area contributed by atoms with Gasteiger partial charge in [0, 0.05) is 29.1 Å². The van der Waals surface area contributed by atoms with Gasteiger partial charge in [0.25, 0.3) is 11.5 Å². The number of anilines is 1. The van der Waals surface area contributed by atoms with Crippen molar-refractivity contribution in [2.45, 2.75) is 26.7 Å². The molecule has 0 saturated heterocycles. The zero-order chi connectivity index (χ0) is 23.8. The van der Waals surface area contributed by atoms with Gasteiger partial charge in [-0.05, 0) is 54.3 Å². The normalized spacial score (nSPS) is 14.3. The maximum Gasteiger partial charge on any atom is 0.337 e. The summed E-state index contributed by atoms with van der Waals surface area (Å²) in [7, 11) is 1.29. The maximum absolute atomic E-state index is 13.5. The molecule has 0 saturated carbocycles. The average molecular weight is 444 g/mol. The van der Waals surface area contributed by atoms with Crippen LogP contribution in [0.15, 0.2) is 65.5 Å². The van der Waals surface area contributed by atoms with Gasteiger partial charge in [-0.25, -0.2) is 4.79 Å². The lowest BCUT2D eigenvalue weighted by Crippen LogP contribution is -2.37. The van der Waals surface area contributed by atoms with Crippen LogP contribution in [0, 0.1) is 5.41 Å². The fourth-order valence-corrected chi connectivity index (χ4v) is 4.13. The molecule has 4 rings (SSSR count). The summed E-state index contributed by atoms with van der Waals surface area (Å²) in [5.41, 5.74) is 1.44. The van der Waals surface area contributed by atoms with Gasteiger partial charge in [-0.3, -0.25) is 19.0 Å². The molecule has 1 heterocycles. The van der Waals surface area contributed by atoms with E-state index in [0.29, 0.717) is 41.0 Å². The zero-order valence-corrected chi connectivity index (χ0v) is 18.7. The smallest absolute Gasteiger partial charge is 0.337 e. The third-order valence-electron chi connectivity index (χ3n) is 5.71. The monoisotopic (exact) mass is 444 g/mol. The number of rotatable bonds is 4. The van der Waals surface area contributed by atoms with Crippen LogP contribution in [0.25, 0.3) is 5.69 Å². The molecule has 1 aliphatic carbocycles. The number of amides is 1. The second kappa shape index (κ2) is 8.50. The van der Waals surface area contributed by atoms with E-state index >= 15 is 0 Å². The molecule has 0 fully saturated rings. The van der Waals surface area contributed by atoms with Gasteiger partial charge in [0.15, 0.2) is 5.78 Å². The lowest BCUT2D eigenvalue weighted by Gasteiger charge is -2.32. The van der Waals surface area contributed by atoms with Crippen LogP contribution in [-0.2, 0) is 11.2 Å². The molecule has 1 N–H and O–H groups in total. The van der Waals surface area contributed by atoms with Crippen LogP contribution in [0.5, 0.6) is 0 Å². The Hall–Kier alpha value is -4.00. The molecular formula is C26H24N2O5. The van der Waals surface area contributed by atoms with Crippen molar-refractivity contribution in [3.8, 4) is 5.69 Å². The molecule has 168 valence electrons. The Labute approximate surface area is 191 Å². The van der Waals surface area contributed by atoms with Gasteiger partial charge in [-0.15, -0.1) is 0 Å². The number of esters is 1. The van der Waals surface area contributed by atoms with E-state index in [4.69, 9.17) is 0 Å². The average Bonchev–Trinajstić information content (AvgIpc) is 2.78. The lowest BCUT2D eigenvalue weighted by molar-refractivity contribution is 0.0600. The van der Waals surface area contributed by atoms with Crippen LogP contribution in [0.4, 0.5) is 5.69 Å². The van der Waals surface area contributed by atoms with Crippen molar-refractivity contribution >= 4 is 23.3 Å². The van der Waals surface area contributed by atoms with Crippen molar-refractivity contribution in [3.05, 3.63) is 93.4 Å². The van der Waals surface area contributed by atoms with Crippen LogP contribution >= 0.6 is 0 Å². The molecule has 0 bridgehead atoms. The summed E-state index contributed by atoms with van der Waals surface area (Å²) in [4.78, 5) is 51.2. The molecule has 0 atom stereocenters. The molecule has 1 aromatic heterocycles. The van der Waals surface area contributed by atoms with Crippen molar-refractivity contribution in [3.63, 3.8) is 0 Å². The molecule has 0 unspecified atom stereocenters. The number of methoxy groups -OCH3 is 1. The Morgan fingerprint density at radius 2 is 1.64 bits per heavy atom. The highest BCUT2D eigenvalue weighted by Gasteiger charge is 2.35. The molecular weight excluding hydrogens is 420 g/mol. The zero-order valence-electron chi connectivity index (χ0n) is 18.7. The molecule has 33 heavy (non-hydrogen) atoms. The first-order valence-corrected chi connectivity index (χ1v) is 10.6. The van der Waals surface area contributed by atoms with Gasteiger partial charge in [-0.1, -0.05) is 32.0 Å². The van der Waals surface area contributed by atoms with Crippen LogP contribution in [0.2, 0.25) is 0 Å². The van der Waals surface area contributed by atoms with Crippen molar-refractivity contribution in [1.29, 1.82) is 0 Å². The predicted molar refractivity (Wildman–Crippen MR) is 124 cm³/mol. The van der Waals surface area contributed by atoms with E-state index in [2.05, 4.69) is 10.1 Å². The third-order valence-corrected chi connectivity index (χ3v) is 5.71. The summed E-state index contributed by atoms with van der Waals surface area (Å²) in [6, 6.07) is 16.5. The second-order valence-electron chi connectivity index (χ2n) is 8.86. The van der Waals surface area contributed by atoms with E-state index in [1.807, 2.05) is 19.9 Å². The molecule has 7 nitrogen and oxygen atoms in total. The van der Waals surface area contributed by atoms with E-state index in [1.54, 1.807) is 36.4 Å². The summed E-state index contributed by atoms with van der Waals surface area (Å²) >= 11 is 0. The quantitative estimate of drug-likeness (QED) is 0.613. The van der Waals surface area contributed by atoms with Crippen molar-refractivity contribution in [2.75, 3.05) is 12.4 Å². The Morgan fingerprint density at radius 1 is 0.970 bits per heavy atom. The van der Waals surface area contributed by atoms with Gasteiger partial charge < -0.3 is 10.1 Å². The molecule has 1 amide bonds. The Balaban J connectivity index is 1.79. The standard InChI is InChI=1S/C26H24N2O5/c1-26(2)14-21-19(22(29)15-26)13-20(24(31)28(21)18-7-5-4-6-8-18)23(30)27-17-11-9-16(10-12-17)25(32)33-3/h4-13H,14-15H2,1-3H3,(H,27,30). The minimum atomic E-state index is -0.629. The topological polar surface area (TPSA) is 94.5 Å². The number of hydrogen-bond acceptors (Lipinski definition) is 5. The highest BCUT2D eigenvalue weighted by Crippen LogP contribution is 2.35. The van der Waals surface area contributed by atoms with Crippen LogP contribution in [0.1, 0.15) is 57.0 Å². The van der Waals surface area contributed by atoms with E-state index in [0.717, 1.165) is 0 Å². The molecule has 2 aromatic carbocycles. The third kappa shape index (κ3) is 4.35. The number of carbonyl (C=O) groups excluding carboxylic acids is 3. The summed E-state index contributed by atoms with van der Waals surface area (Å²) in [6.45, 7) is 3.98. The Bertz CT molecular complexity index is 1310. The first kappa shape index (κ1) is 22.2. The highest BCUT2D eigenvalue weighted by molar-refractivity contribution is 6.07. The number of nitrogens with one attached hydrogen (secondary N) is 1. The number of benzene rings is 2. The molecule has 0 radical (unpaired) electrons. The Morgan fingerprint density at radius 3 is 2.27 bits per heavy atom. The minimum Gasteiger partial charge on any atom is -0.465 e. The van der Waals surface area contributed by atoms with Gasteiger partial charge in [-0.2, -0.15) is 0 Å². The first-order valence-electron chi connectivity index (χ1n) is 10.6. The van der Waals surface area contributed by atoms with Gasteiger partial charge >= 0.3 is 5.97 Å². The van der Waals surface area contributed by atoms with E-state index in [-0.39, 0.29) is 16.8 Å². The summed E-state index contributed by atoms with van der Waals surface area (Å²) < 4.78 is 6.15. The Kier molecular flexibility index (Phi) is 5.72. The largest absolute Gasteiger partial charge is 0.465 e. The van der Waals surface area contributed by atoms with Crippen molar-refractivity contribution in [2.24, 2.45) is 5.41 Å². The number of aromatic nitrogens is 1. The molecule has 7 heteroatoms. The molecule has 1 aliphatic rings. The summed E-state index contributed by atoms with van der Waals surface area (Å²) in [5, 5.41) is 2.68. The number of nitrogens with zero attached hydrogens (tertiary/aromatic N) is 1. The molecule has 3 aromatic rings. The fraction of sp³-hybridized carbons (Fsp3) is 0.231. The summed E-state index contributed by atoms with van der Waals surface area (Å²) in [6.07, 6.45) is 0.873. The number of carbonyl (C=O) groups is 3. The number of ether oxygens (including phenoxy) is 1. The number of para-hydroxylation sites is 1. The van der Waals surface area contributed by atoms with Crippen LogP contribution in [0.3, 0.4) is 0 Å². The predicted octanol–water partition coefficient (Wildman–Crippen LogP) is 4.03. The summed E-state index contributed by atoms with van der Waals surface area (Å²) in [5.74, 6) is -1.21. The first-order chi connectivity index (χ1) is 15.7. The van der Waals surface area contributed by atoms with Crippen LogP contribution in [-0.4, -0.2) is 29.3 Å². The number of ketones is 1. The van der Waals surface area contributed by atoms with Gasteiger partial charge in [0.05, 0.1) is 12.7 Å². The lowest BCUT2D eigenvalue weighted by atomic mass is 9.75. The van der Waals surface area contributed by atoms with E-state index in [9.17, 15) is 19.2 Å². The molecule has 0 spiro atoms. The van der Waals surface area contributed by atoms with Gasteiger partial charge in [0.2, 0.25) is 0 Å². The number of Topliss-reactive ketones (excluding diaryl/α,β-unsaturated/α-hetero) is 1. The SMILES string of the molecule is COC(=O)c1ccc(NC(=O)c2cc3c(n(-c4ccccc4)c2=O)CC(C)(C)CC3=O)cc1. The minimum absolute atomic E-state index is 0.0950. The molecule has 0 aliphatic heterocycles. The fourth-order valence-electron chi connectivity index (χ4n) is 4.13. The maximum atomic E-state index is 13.5. The van der Waals surface area contributed by atoms with Gasteiger partial charge in [0.1, 0.15) is 5.56 Å². The number of pyridine rings is 1. The number of fused-ring (bicyclic) bond motifs is 1.